The van der Waals surface area contributed by atoms with Crippen LogP contribution in [0.15, 0.2) is 11.6 Å². The molecule has 232 valence electrons. The smallest absolute Gasteiger partial charge is 0.251 e. The Hall–Kier alpha value is -1.40. The molecule has 5 rings (SSSR count). The molecule has 4 aliphatic carbocycles. The van der Waals surface area contributed by atoms with Gasteiger partial charge in [-0.1, -0.05) is 39.3 Å². The number of allylic oxidation sites excluding steroid dienone is 1. The summed E-state index contributed by atoms with van der Waals surface area (Å²) in [6.45, 7) is 14.8. The van der Waals surface area contributed by atoms with Gasteiger partial charge in [0.25, 0.3) is 5.91 Å². The van der Waals surface area contributed by atoms with Gasteiger partial charge in [-0.25, -0.2) is 0 Å². The van der Waals surface area contributed by atoms with Crippen LogP contribution in [0.4, 0.5) is 0 Å². The molecule has 1 saturated heterocycles. The number of nitrogens with one attached hydrogen (secondary N) is 1. The van der Waals surface area contributed by atoms with Crippen molar-refractivity contribution in [1.29, 1.82) is 0 Å². The molecule has 0 aromatic rings. The summed E-state index contributed by atoms with van der Waals surface area (Å²) in [5.41, 5.74) is 0.833. The quantitative estimate of drug-likeness (QED) is 0.335. The number of rotatable bonds is 7. The third-order valence-electron chi connectivity index (χ3n) is 13.2. The fraction of sp³-hybridized carbons (Fsp3) is 0.886. The van der Waals surface area contributed by atoms with E-state index in [9.17, 15) is 19.8 Å². The van der Waals surface area contributed by atoms with Gasteiger partial charge in [0.05, 0.1) is 6.10 Å². The zero-order chi connectivity index (χ0) is 29.8. The Balaban J connectivity index is 1.12. The van der Waals surface area contributed by atoms with Crippen LogP contribution in [-0.4, -0.2) is 58.3 Å². The number of amides is 2. The number of carbonyl (C=O) groups is 2. The highest BCUT2D eigenvalue weighted by molar-refractivity contribution is 5.83. The van der Waals surface area contributed by atoms with E-state index in [1.165, 1.54) is 46.0 Å². The Kier molecular flexibility index (Phi) is 8.53. The number of likely N-dealkylation sites (tertiary alicyclic amines) is 1. The summed E-state index contributed by atoms with van der Waals surface area (Å²) < 4.78 is 0. The molecule has 3 N–H and O–H groups in total. The largest absolute Gasteiger partial charge is 0.393 e. The molecule has 4 fully saturated rings. The van der Waals surface area contributed by atoms with E-state index in [1.54, 1.807) is 5.57 Å². The van der Waals surface area contributed by atoms with Crippen LogP contribution in [0.25, 0.3) is 0 Å². The lowest BCUT2D eigenvalue weighted by molar-refractivity contribution is -0.138. The van der Waals surface area contributed by atoms with Gasteiger partial charge in [0.2, 0.25) is 5.91 Å². The fourth-order valence-electron chi connectivity index (χ4n) is 10.3. The van der Waals surface area contributed by atoms with Crippen molar-refractivity contribution in [1.82, 2.24) is 10.2 Å². The summed E-state index contributed by atoms with van der Waals surface area (Å²) in [5.74, 6) is 3.58. The predicted octanol–water partition coefficient (Wildman–Crippen LogP) is 5.86. The average molecular weight is 571 g/mol. The van der Waals surface area contributed by atoms with Gasteiger partial charge in [0.1, 0.15) is 5.60 Å². The minimum Gasteiger partial charge on any atom is -0.393 e. The second-order valence-corrected chi connectivity index (χ2v) is 16.3. The van der Waals surface area contributed by atoms with Crippen LogP contribution >= 0.6 is 0 Å². The number of aliphatic hydroxyl groups is 2. The zero-order valence-electron chi connectivity index (χ0n) is 26.8. The van der Waals surface area contributed by atoms with Crippen molar-refractivity contribution in [3.05, 3.63) is 11.6 Å². The molecule has 8 atom stereocenters. The normalized spacial score (nSPS) is 39.2. The third-order valence-corrected chi connectivity index (χ3v) is 13.2. The molecular weight excluding hydrogens is 512 g/mol. The third kappa shape index (κ3) is 5.90. The van der Waals surface area contributed by atoms with Crippen molar-refractivity contribution in [2.75, 3.05) is 19.6 Å². The van der Waals surface area contributed by atoms with E-state index in [2.05, 4.69) is 39.1 Å². The lowest BCUT2D eigenvalue weighted by Crippen LogP contribution is -2.51. The number of piperidine rings is 1. The van der Waals surface area contributed by atoms with Gasteiger partial charge >= 0.3 is 0 Å². The maximum Gasteiger partial charge on any atom is 0.251 e. The van der Waals surface area contributed by atoms with Crippen molar-refractivity contribution < 1.29 is 19.8 Å². The first-order valence-corrected chi connectivity index (χ1v) is 16.8. The summed E-state index contributed by atoms with van der Waals surface area (Å²) in [4.78, 5) is 27.4. The number of carbonyl (C=O) groups excluding carboxylic acids is 2. The molecule has 0 radical (unpaired) electrons. The Bertz CT molecular complexity index is 1020. The van der Waals surface area contributed by atoms with Crippen molar-refractivity contribution in [3.8, 4) is 0 Å². The molecule has 5 aliphatic rings. The lowest BCUT2D eigenvalue weighted by atomic mass is 9.47. The van der Waals surface area contributed by atoms with E-state index in [-0.39, 0.29) is 17.4 Å². The van der Waals surface area contributed by atoms with Crippen LogP contribution in [-0.2, 0) is 9.59 Å². The Morgan fingerprint density at radius 2 is 1.76 bits per heavy atom. The van der Waals surface area contributed by atoms with Crippen molar-refractivity contribution in [3.63, 3.8) is 0 Å². The first kappa shape index (κ1) is 31.0. The monoisotopic (exact) mass is 570 g/mol. The van der Waals surface area contributed by atoms with Gasteiger partial charge < -0.3 is 20.4 Å². The molecule has 0 aromatic heterocycles. The molecule has 3 saturated carbocycles. The minimum absolute atomic E-state index is 0.0408. The van der Waals surface area contributed by atoms with E-state index in [0.717, 1.165) is 69.4 Å². The van der Waals surface area contributed by atoms with Crippen LogP contribution in [0, 0.1) is 45.8 Å². The summed E-state index contributed by atoms with van der Waals surface area (Å²) in [5, 5.41) is 23.1. The lowest BCUT2D eigenvalue weighted by Gasteiger charge is -2.58. The molecular formula is C35H58N2O4. The van der Waals surface area contributed by atoms with Crippen molar-refractivity contribution in [2.45, 2.75) is 130 Å². The van der Waals surface area contributed by atoms with Gasteiger partial charge in [0.15, 0.2) is 0 Å². The average Bonchev–Trinajstić information content (AvgIpc) is 3.28. The highest BCUT2D eigenvalue weighted by atomic mass is 16.3. The summed E-state index contributed by atoms with van der Waals surface area (Å²) in [7, 11) is 0. The number of nitrogens with zero attached hydrogens (tertiary/aromatic N) is 1. The molecule has 6 nitrogen and oxygen atoms in total. The highest BCUT2D eigenvalue weighted by Crippen LogP contribution is 2.67. The summed E-state index contributed by atoms with van der Waals surface area (Å²) >= 11 is 0. The first-order chi connectivity index (χ1) is 19.2. The van der Waals surface area contributed by atoms with E-state index >= 15 is 0 Å². The molecule has 2 amide bonds. The van der Waals surface area contributed by atoms with Crippen molar-refractivity contribution in [2.24, 2.45) is 45.8 Å². The second-order valence-electron chi connectivity index (χ2n) is 16.3. The van der Waals surface area contributed by atoms with Crippen molar-refractivity contribution >= 4 is 11.8 Å². The van der Waals surface area contributed by atoms with E-state index in [4.69, 9.17) is 0 Å². The van der Waals surface area contributed by atoms with Gasteiger partial charge in [-0.2, -0.15) is 0 Å². The van der Waals surface area contributed by atoms with Gasteiger partial charge in [-0.3, -0.25) is 9.59 Å². The maximum absolute atomic E-state index is 13.3. The van der Waals surface area contributed by atoms with Crippen LogP contribution in [0.3, 0.4) is 0 Å². The molecule has 0 bridgehead atoms. The van der Waals surface area contributed by atoms with Crippen LogP contribution in [0.2, 0.25) is 0 Å². The van der Waals surface area contributed by atoms with Crippen LogP contribution in [0.5, 0.6) is 0 Å². The number of aliphatic hydroxyl groups excluding tert-OH is 1. The van der Waals surface area contributed by atoms with Gasteiger partial charge in [-0.05, 0) is 130 Å². The molecule has 0 spiro atoms. The fourth-order valence-corrected chi connectivity index (χ4v) is 10.3. The zero-order valence-corrected chi connectivity index (χ0v) is 26.8. The number of fused-ring (bicyclic) bond motifs is 5. The molecule has 6 heteroatoms. The van der Waals surface area contributed by atoms with E-state index < -0.39 is 5.60 Å². The summed E-state index contributed by atoms with van der Waals surface area (Å²) in [6, 6.07) is 0. The van der Waals surface area contributed by atoms with Gasteiger partial charge in [-0.15, -0.1) is 0 Å². The Labute approximate surface area is 249 Å². The highest BCUT2D eigenvalue weighted by Gasteiger charge is 2.59. The van der Waals surface area contributed by atoms with Gasteiger partial charge in [0, 0.05) is 26.1 Å². The number of hydrogen-bond acceptors (Lipinski definition) is 4. The second kappa shape index (κ2) is 11.3. The minimum atomic E-state index is -1.37. The SMILES string of the molecule is C[C@H](CCC(=O)N1CCC(C)(CNC(=O)C(C)(C)O)CC1)[C@H]1CC[C@H]2[C@@H]3CC=C4C[C@@H](O)CC[C@]4(C)[C@H]3CC[C@]12C. The standard InChI is InChI=1S/C35H58N2O4/c1-23(7-12-30(39)37-19-17-33(4,18-20-37)22-36-31(40)32(2,3)41)27-10-11-28-26-9-8-24-21-25(38)13-15-34(24,5)29(26)14-16-35(27,28)6/h8,23,25-29,38,41H,7,9-22H2,1-6H3,(H,36,40)/t23-,25+,26+,27-,28+,29+,34+,35-/m1/s1. The van der Waals surface area contributed by atoms with Crippen LogP contribution < -0.4 is 5.32 Å². The van der Waals surface area contributed by atoms with E-state index in [0.29, 0.717) is 41.5 Å². The molecule has 1 heterocycles. The first-order valence-electron chi connectivity index (χ1n) is 16.8. The van der Waals surface area contributed by atoms with Crippen LogP contribution in [0.1, 0.15) is 119 Å². The topological polar surface area (TPSA) is 89.9 Å². The maximum atomic E-state index is 13.3. The summed E-state index contributed by atoms with van der Waals surface area (Å²) in [6.07, 6.45) is 15.3. The molecule has 1 aliphatic heterocycles. The molecule has 0 unspecified atom stereocenters. The molecule has 41 heavy (non-hydrogen) atoms. The number of hydrogen-bond donors (Lipinski definition) is 3. The van der Waals surface area contributed by atoms with E-state index in [1.807, 2.05) is 4.90 Å². The Morgan fingerprint density at radius 1 is 1.05 bits per heavy atom. The molecule has 0 aromatic carbocycles. The Morgan fingerprint density at radius 3 is 2.44 bits per heavy atom. The predicted molar refractivity (Wildman–Crippen MR) is 163 cm³/mol.